The van der Waals surface area contributed by atoms with E-state index >= 15 is 0 Å². The van der Waals surface area contributed by atoms with E-state index in [0.717, 1.165) is 22.4 Å². The largest absolute Gasteiger partial charge is 0.212 e. The standard InChI is InChI=1S/C21H22N/c1-15-11-16(2)13-19(12-15)18-9-10-21(22(4)14-18)20-8-6-5-7-17(20)3/h5-14H,1-4H3/q+1/i1D3. The summed E-state index contributed by atoms with van der Waals surface area (Å²) >= 11 is 0. The smallest absolute Gasteiger partial charge is 0.200 e. The van der Waals surface area contributed by atoms with Gasteiger partial charge in [-0.05, 0) is 44.0 Å². The molecule has 0 unspecified atom stereocenters. The summed E-state index contributed by atoms with van der Waals surface area (Å²) in [6.45, 7) is 1.94. The zero-order valence-electron chi connectivity index (χ0n) is 16.2. The number of pyridine rings is 1. The first kappa shape index (κ1) is 11.2. The molecular weight excluding hydrogens is 266 g/mol. The van der Waals surface area contributed by atoms with E-state index in [-0.39, 0.29) is 0 Å². The fourth-order valence-corrected chi connectivity index (χ4v) is 2.87. The highest BCUT2D eigenvalue weighted by atomic mass is 14.9. The summed E-state index contributed by atoms with van der Waals surface area (Å²) < 4.78 is 25.1. The fourth-order valence-electron chi connectivity index (χ4n) is 2.87. The molecule has 0 bridgehead atoms. The maximum absolute atomic E-state index is 7.67. The van der Waals surface area contributed by atoms with Crippen LogP contribution >= 0.6 is 0 Å². The molecule has 22 heavy (non-hydrogen) atoms. The van der Waals surface area contributed by atoms with Crippen LogP contribution in [0.5, 0.6) is 0 Å². The number of hydrogen-bond donors (Lipinski definition) is 0. The summed E-state index contributed by atoms with van der Waals surface area (Å²) in [6, 6.07) is 18.0. The molecule has 3 rings (SSSR count). The predicted molar refractivity (Wildman–Crippen MR) is 92.7 cm³/mol. The van der Waals surface area contributed by atoms with Crippen molar-refractivity contribution < 1.29 is 8.68 Å². The second-order valence-electron chi connectivity index (χ2n) is 5.82. The average Bonchev–Trinajstić information content (AvgIpc) is 2.54. The molecule has 0 radical (unpaired) electrons. The van der Waals surface area contributed by atoms with Gasteiger partial charge in [0, 0.05) is 21.3 Å². The molecule has 0 amide bonds. The molecule has 0 aliphatic rings. The van der Waals surface area contributed by atoms with E-state index in [2.05, 4.69) is 42.0 Å². The minimum Gasteiger partial charge on any atom is -0.200 e. The molecule has 0 saturated carbocycles. The van der Waals surface area contributed by atoms with Crippen molar-refractivity contribution in [1.82, 2.24) is 0 Å². The Kier molecular flexibility index (Phi) is 2.93. The molecule has 2 aromatic carbocycles. The number of benzene rings is 2. The molecular formula is C21H22N+. The van der Waals surface area contributed by atoms with Gasteiger partial charge in [0.1, 0.15) is 7.05 Å². The first-order valence-electron chi connectivity index (χ1n) is 8.94. The maximum atomic E-state index is 7.67. The number of rotatable bonds is 2. The summed E-state index contributed by atoms with van der Waals surface area (Å²) in [5.41, 5.74) is 6.83. The number of aryl methyl sites for hydroxylation is 4. The Balaban J connectivity index is 2.08. The SMILES string of the molecule is [2H]C([2H])([2H])c1cc(C)cc(-c2ccc(-c3ccccc3C)[n+](C)c2)c1. The molecule has 0 fully saturated rings. The molecule has 0 aliphatic carbocycles. The first-order valence-corrected chi connectivity index (χ1v) is 7.44. The van der Waals surface area contributed by atoms with E-state index < -0.39 is 6.85 Å². The Bertz CT molecular complexity index is 927. The van der Waals surface area contributed by atoms with Gasteiger partial charge in [0.05, 0.1) is 0 Å². The van der Waals surface area contributed by atoms with Crippen molar-refractivity contribution >= 4 is 0 Å². The lowest BCUT2D eigenvalue weighted by Gasteiger charge is -2.07. The Labute approximate surface area is 137 Å². The number of nitrogens with zero attached hydrogens (tertiary/aromatic N) is 1. The molecule has 1 nitrogen and oxygen atoms in total. The monoisotopic (exact) mass is 291 g/mol. The number of aromatic nitrogens is 1. The van der Waals surface area contributed by atoms with Gasteiger partial charge in [0.25, 0.3) is 0 Å². The van der Waals surface area contributed by atoms with Crippen LogP contribution in [0.2, 0.25) is 0 Å². The van der Waals surface area contributed by atoms with Gasteiger partial charge in [0.15, 0.2) is 6.20 Å². The van der Waals surface area contributed by atoms with Crippen LogP contribution in [0.25, 0.3) is 22.4 Å². The highest BCUT2D eigenvalue weighted by Gasteiger charge is 2.13. The molecule has 0 atom stereocenters. The summed E-state index contributed by atoms with van der Waals surface area (Å²) in [5, 5.41) is 0. The molecule has 0 saturated heterocycles. The van der Waals surface area contributed by atoms with Crippen LogP contribution in [0.3, 0.4) is 0 Å². The van der Waals surface area contributed by atoms with Gasteiger partial charge in [0.2, 0.25) is 5.69 Å². The molecule has 110 valence electrons. The van der Waals surface area contributed by atoms with Crippen molar-refractivity contribution in [3.63, 3.8) is 0 Å². The molecule has 1 heterocycles. The van der Waals surface area contributed by atoms with E-state index in [1.54, 1.807) is 12.1 Å². The van der Waals surface area contributed by atoms with Crippen LogP contribution in [-0.2, 0) is 7.05 Å². The van der Waals surface area contributed by atoms with Crippen molar-refractivity contribution in [1.29, 1.82) is 0 Å². The lowest BCUT2D eigenvalue weighted by atomic mass is 10.00. The van der Waals surface area contributed by atoms with Gasteiger partial charge < -0.3 is 0 Å². The second kappa shape index (κ2) is 5.76. The van der Waals surface area contributed by atoms with Gasteiger partial charge in [-0.25, -0.2) is 4.57 Å². The third kappa shape index (κ3) is 2.80. The summed E-state index contributed by atoms with van der Waals surface area (Å²) in [6.07, 6.45) is 2.06. The van der Waals surface area contributed by atoms with Gasteiger partial charge in [-0.3, -0.25) is 0 Å². The van der Waals surface area contributed by atoms with Crippen LogP contribution in [0.1, 0.15) is 20.8 Å². The zero-order valence-corrected chi connectivity index (χ0v) is 13.2. The van der Waals surface area contributed by atoms with Crippen molar-refractivity contribution in [2.45, 2.75) is 20.7 Å². The highest BCUT2D eigenvalue weighted by Crippen LogP contribution is 2.24. The Morgan fingerprint density at radius 3 is 2.36 bits per heavy atom. The normalized spacial score (nSPS) is 13.3. The van der Waals surface area contributed by atoms with Crippen molar-refractivity contribution in [3.8, 4) is 22.4 Å². The lowest BCUT2D eigenvalue weighted by molar-refractivity contribution is -0.659. The maximum Gasteiger partial charge on any atom is 0.212 e. The predicted octanol–water partition coefficient (Wildman–Crippen LogP) is 4.77. The van der Waals surface area contributed by atoms with Crippen molar-refractivity contribution in [2.24, 2.45) is 7.05 Å². The first-order chi connectivity index (χ1) is 11.8. The van der Waals surface area contributed by atoms with Crippen LogP contribution in [0.15, 0.2) is 60.8 Å². The van der Waals surface area contributed by atoms with E-state index in [1.165, 1.54) is 11.1 Å². The lowest BCUT2D eigenvalue weighted by Crippen LogP contribution is -2.30. The molecule has 1 heteroatoms. The Hall–Kier alpha value is -2.41. The van der Waals surface area contributed by atoms with E-state index in [4.69, 9.17) is 4.11 Å². The Morgan fingerprint density at radius 2 is 1.64 bits per heavy atom. The van der Waals surface area contributed by atoms with E-state index in [1.807, 2.05) is 32.2 Å². The second-order valence-corrected chi connectivity index (χ2v) is 5.82. The van der Waals surface area contributed by atoms with Crippen LogP contribution in [0, 0.1) is 20.7 Å². The summed E-state index contributed by atoms with van der Waals surface area (Å²) in [4.78, 5) is 0. The van der Waals surface area contributed by atoms with E-state index in [9.17, 15) is 0 Å². The molecule has 1 aromatic heterocycles. The van der Waals surface area contributed by atoms with Gasteiger partial charge in [-0.2, -0.15) is 0 Å². The minimum atomic E-state index is -2.09. The van der Waals surface area contributed by atoms with Gasteiger partial charge in [-0.15, -0.1) is 0 Å². The molecule has 0 spiro atoms. The van der Waals surface area contributed by atoms with E-state index in [0.29, 0.717) is 5.56 Å². The summed E-state index contributed by atoms with van der Waals surface area (Å²) in [7, 11) is 2.02. The van der Waals surface area contributed by atoms with Crippen LogP contribution < -0.4 is 4.57 Å². The average molecular weight is 291 g/mol. The quantitative estimate of drug-likeness (QED) is 0.599. The fraction of sp³-hybridized carbons (Fsp3) is 0.190. The Morgan fingerprint density at radius 1 is 0.864 bits per heavy atom. The molecule has 0 aliphatic heterocycles. The van der Waals surface area contributed by atoms with Crippen molar-refractivity contribution in [3.05, 3.63) is 77.5 Å². The molecule has 0 N–H and O–H groups in total. The van der Waals surface area contributed by atoms with Crippen LogP contribution in [-0.4, -0.2) is 0 Å². The topological polar surface area (TPSA) is 3.88 Å². The zero-order chi connectivity index (χ0) is 18.2. The van der Waals surface area contributed by atoms with Crippen molar-refractivity contribution in [2.75, 3.05) is 0 Å². The van der Waals surface area contributed by atoms with Crippen LogP contribution in [0.4, 0.5) is 0 Å². The van der Waals surface area contributed by atoms with Gasteiger partial charge >= 0.3 is 0 Å². The third-order valence-corrected chi connectivity index (χ3v) is 3.97. The number of hydrogen-bond acceptors (Lipinski definition) is 0. The molecule has 3 aromatic rings. The minimum absolute atomic E-state index is 0.383. The third-order valence-electron chi connectivity index (χ3n) is 3.97. The summed E-state index contributed by atoms with van der Waals surface area (Å²) in [5.74, 6) is 0. The highest BCUT2D eigenvalue weighted by molar-refractivity contribution is 5.67. The van der Waals surface area contributed by atoms with Gasteiger partial charge in [-0.1, -0.05) is 47.5 Å².